The van der Waals surface area contributed by atoms with E-state index in [1.165, 1.54) is 37.1 Å². The predicted octanol–water partition coefficient (Wildman–Crippen LogP) is 5.78. The lowest BCUT2D eigenvalue weighted by Gasteiger charge is -2.26. The number of benzene rings is 2. The lowest BCUT2D eigenvalue weighted by molar-refractivity contribution is 0.228. The van der Waals surface area contributed by atoms with Crippen molar-refractivity contribution in [3.05, 3.63) is 60.8 Å². The molecule has 0 atom stereocenters. The van der Waals surface area contributed by atoms with Crippen LogP contribution in [0.4, 0.5) is 17.5 Å². The fraction of sp³-hybridized carbons (Fsp3) is 0.320. The number of fused-ring (bicyclic) bond motifs is 1. The monoisotopic (exact) mass is 444 g/mol. The van der Waals surface area contributed by atoms with E-state index in [0.717, 1.165) is 47.1 Å². The number of aromatic nitrogens is 3. The van der Waals surface area contributed by atoms with Crippen LogP contribution in [0.1, 0.15) is 25.7 Å². The normalized spacial score (nSPS) is 14.5. The molecule has 0 unspecified atom stereocenters. The number of hydrogen-bond donors (Lipinski definition) is 2. The van der Waals surface area contributed by atoms with Gasteiger partial charge in [0.1, 0.15) is 10.8 Å². The summed E-state index contributed by atoms with van der Waals surface area (Å²) >= 11 is 1.71. The Morgan fingerprint density at radius 2 is 1.84 bits per heavy atom. The molecule has 2 N–H and O–H groups in total. The summed E-state index contributed by atoms with van der Waals surface area (Å²) in [6, 6.07) is 18.4. The molecule has 7 heteroatoms. The number of nitrogens with zero attached hydrogens (tertiary/aromatic N) is 4. The summed E-state index contributed by atoms with van der Waals surface area (Å²) in [6.07, 6.45) is 6.98. The van der Waals surface area contributed by atoms with Crippen LogP contribution in [0.3, 0.4) is 0 Å². The van der Waals surface area contributed by atoms with E-state index in [1.807, 2.05) is 30.3 Å². The summed E-state index contributed by atoms with van der Waals surface area (Å²) in [6.45, 7) is 4.57. The number of rotatable bonds is 8. The van der Waals surface area contributed by atoms with Gasteiger partial charge in [-0.15, -0.1) is 11.3 Å². The van der Waals surface area contributed by atoms with Crippen LogP contribution in [0.25, 0.3) is 20.8 Å². The van der Waals surface area contributed by atoms with Crippen LogP contribution in [-0.2, 0) is 0 Å². The van der Waals surface area contributed by atoms with E-state index in [-0.39, 0.29) is 0 Å². The van der Waals surface area contributed by atoms with Gasteiger partial charge in [0.25, 0.3) is 0 Å². The molecule has 164 valence electrons. The summed E-state index contributed by atoms with van der Waals surface area (Å²) in [7, 11) is 0. The Bertz CT molecular complexity index is 1130. The molecule has 3 heterocycles. The van der Waals surface area contributed by atoms with Gasteiger partial charge in [-0.2, -0.15) is 4.98 Å². The van der Waals surface area contributed by atoms with Crippen molar-refractivity contribution >= 4 is 39.0 Å². The van der Waals surface area contributed by atoms with Crippen LogP contribution in [-0.4, -0.2) is 46.0 Å². The smallest absolute Gasteiger partial charge is 0.229 e. The quantitative estimate of drug-likeness (QED) is 0.336. The minimum atomic E-state index is 0.590. The second-order valence-corrected chi connectivity index (χ2v) is 9.17. The van der Waals surface area contributed by atoms with Crippen molar-refractivity contribution in [3.63, 3.8) is 0 Å². The van der Waals surface area contributed by atoms with Gasteiger partial charge < -0.3 is 15.5 Å². The van der Waals surface area contributed by atoms with Gasteiger partial charge in [-0.1, -0.05) is 30.7 Å². The molecule has 0 spiro atoms. The predicted molar refractivity (Wildman–Crippen MR) is 134 cm³/mol. The van der Waals surface area contributed by atoms with E-state index < -0.39 is 0 Å². The fourth-order valence-electron chi connectivity index (χ4n) is 4.07. The molecular weight excluding hydrogens is 416 g/mol. The molecule has 5 rings (SSSR count). The Morgan fingerprint density at radius 3 is 2.75 bits per heavy atom. The average molecular weight is 445 g/mol. The van der Waals surface area contributed by atoms with E-state index in [0.29, 0.717) is 5.95 Å². The van der Waals surface area contributed by atoms with Crippen molar-refractivity contribution in [3.8, 4) is 10.6 Å². The Kier molecular flexibility index (Phi) is 6.55. The zero-order valence-corrected chi connectivity index (χ0v) is 18.9. The summed E-state index contributed by atoms with van der Waals surface area (Å²) < 4.78 is 1.20. The van der Waals surface area contributed by atoms with Crippen LogP contribution < -0.4 is 10.6 Å². The molecule has 1 fully saturated rings. The zero-order valence-electron chi connectivity index (χ0n) is 18.1. The topological polar surface area (TPSA) is 66.0 Å². The van der Waals surface area contributed by atoms with Crippen LogP contribution in [0.5, 0.6) is 0 Å². The highest BCUT2D eigenvalue weighted by atomic mass is 32.1. The largest absolute Gasteiger partial charge is 0.370 e. The SMILES string of the molecule is c1cc(Nc2nccc(NCCCN3CCCCC3)n2)cc(-c2nc3ccccc3s2)c1. The first-order valence-corrected chi connectivity index (χ1v) is 12.2. The van der Waals surface area contributed by atoms with E-state index in [9.17, 15) is 0 Å². The van der Waals surface area contributed by atoms with Crippen LogP contribution in [0.15, 0.2) is 60.8 Å². The lowest BCUT2D eigenvalue weighted by atomic mass is 10.1. The van der Waals surface area contributed by atoms with Gasteiger partial charge in [-0.3, -0.25) is 0 Å². The Hall–Kier alpha value is -3.03. The van der Waals surface area contributed by atoms with Gasteiger partial charge in [-0.25, -0.2) is 9.97 Å². The van der Waals surface area contributed by atoms with Gasteiger partial charge in [-0.05, 0) is 69.2 Å². The molecule has 32 heavy (non-hydrogen) atoms. The number of para-hydroxylation sites is 1. The number of anilines is 3. The third-order valence-corrected chi connectivity index (χ3v) is 6.81. The number of hydrogen-bond acceptors (Lipinski definition) is 7. The maximum Gasteiger partial charge on any atom is 0.229 e. The van der Waals surface area contributed by atoms with Crippen molar-refractivity contribution in [1.82, 2.24) is 19.9 Å². The van der Waals surface area contributed by atoms with Gasteiger partial charge in [0.05, 0.1) is 10.2 Å². The molecule has 1 saturated heterocycles. The van der Waals surface area contributed by atoms with E-state index in [4.69, 9.17) is 4.98 Å². The minimum Gasteiger partial charge on any atom is -0.370 e. The molecule has 0 saturated carbocycles. The van der Waals surface area contributed by atoms with Crippen molar-refractivity contribution in [2.75, 3.05) is 36.8 Å². The maximum atomic E-state index is 4.77. The van der Waals surface area contributed by atoms with Gasteiger partial charge >= 0.3 is 0 Å². The Morgan fingerprint density at radius 1 is 0.938 bits per heavy atom. The maximum absolute atomic E-state index is 4.77. The average Bonchev–Trinajstić information content (AvgIpc) is 3.28. The first-order chi connectivity index (χ1) is 15.8. The van der Waals surface area contributed by atoms with E-state index in [1.54, 1.807) is 17.5 Å². The Balaban J connectivity index is 1.20. The minimum absolute atomic E-state index is 0.590. The second kappa shape index (κ2) is 10.1. The third kappa shape index (κ3) is 5.23. The molecule has 0 bridgehead atoms. The molecule has 1 aliphatic rings. The molecule has 0 aliphatic carbocycles. The number of thiazole rings is 1. The molecule has 0 amide bonds. The van der Waals surface area contributed by atoms with Crippen LogP contribution in [0.2, 0.25) is 0 Å². The summed E-state index contributed by atoms with van der Waals surface area (Å²) in [4.78, 5) is 16.4. The number of likely N-dealkylation sites (tertiary alicyclic amines) is 1. The number of nitrogens with one attached hydrogen (secondary N) is 2. The zero-order chi connectivity index (χ0) is 21.6. The van der Waals surface area contributed by atoms with Crippen LogP contribution in [0, 0.1) is 0 Å². The third-order valence-electron chi connectivity index (χ3n) is 5.72. The second-order valence-electron chi connectivity index (χ2n) is 8.14. The van der Waals surface area contributed by atoms with Crippen molar-refractivity contribution < 1.29 is 0 Å². The highest BCUT2D eigenvalue weighted by Crippen LogP contribution is 2.31. The standard InChI is InChI=1S/C25H28N6S/c1-4-15-31(16-5-1)17-7-13-26-23-12-14-27-25(30-23)28-20-9-6-8-19(18-20)24-29-21-10-2-3-11-22(21)32-24/h2-3,6,8-12,14,18H,1,4-5,7,13,15-17H2,(H2,26,27,28,30). The van der Waals surface area contributed by atoms with E-state index >= 15 is 0 Å². The van der Waals surface area contributed by atoms with Crippen molar-refractivity contribution in [2.24, 2.45) is 0 Å². The van der Waals surface area contributed by atoms with E-state index in [2.05, 4.69) is 49.8 Å². The molecular formula is C25H28N6S. The highest BCUT2D eigenvalue weighted by Gasteiger charge is 2.10. The summed E-state index contributed by atoms with van der Waals surface area (Å²) in [5.74, 6) is 1.44. The van der Waals surface area contributed by atoms with Gasteiger partial charge in [0.15, 0.2) is 0 Å². The molecule has 6 nitrogen and oxygen atoms in total. The highest BCUT2D eigenvalue weighted by molar-refractivity contribution is 7.21. The summed E-state index contributed by atoms with van der Waals surface area (Å²) in [5.41, 5.74) is 3.07. The lowest BCUT2D eigenvalue weighted by Crippen LogP contribution is -2.31. The fourth-order valence-corrected chi connectivity index (χ4v) is 5.04. The first kappa shape index (κ1) is 20.8. The molecule has 0 radical (unpaired) electrons. The molecule has 2 aromatic carbocycles. The first-order valence-electron chi connectivity index (χ1n) is 11.4. The van der Waals surface area contributed by atoms with Gasteiger partial charge in [0.2, 0.25) is 5.95 Å². The molecule has 4 aromatic rings. The van der Waals surface area contributed by atoms with Gasteiger partial charge in [0, 0.05) is 24.0 Å². The van der Waals surface area contributed by atoms with Crippen LogP contribution >= 0.6 is 11.3 Å². The van der Waals surface area contributed by atoms with Crippen molar-refractivity contribution in [2.45, 2.75) is 25.7 Å². The molecule has 1 aliphatic heterocycles. The van der Waals surface area contributed by atoms with Crippen molar-refractivity contribution in [1.29, 1.82) is 0 Å². The molecule has 2 aromatic heterocycles. The number of piperidine rings is 1. The Labute approximate surface area is 192 Å². The summed E-state index contributed by atoms with van der Waals surface area (Å²) in [5, 5.41) is 7.79.